The van der Waals surface area contributed by atoms with Gasteiger partial charge in [0, 0.05) is 11.5 Å². The van der Waals surface area contributed by atoms with Crippen LogP contribution in [0.1, 0.15) is 30.4 Å². The Hall–Kier alpha value is -2.95. The number of sulfonamides is 1. The summed E-state index contributed by atoms with van der Waals surface area (Å²) in [4.78, 5) is 11.8. The number of hydrogen-bond acceptors (Lipinski definition) is 6. The molecule has 9 nitrogen and oxygen atoms in total. The van der Waals surface area contributed by atoms with E-state index in [0.717, 1.165) is 10.7 Å². The lowest BCUT2D eigenvalue weighted by Crippen LogP contribution is -2.44. The molecule has 1 saturated carbocycles. The van der Waals surface area contributed by atoms with Crippen LogP contribution in [-0.4, -0.2) is 42.5 Å². The van der Waals surface area contributed by atoms with E-state index in [1.54, 1.807) is 31.2 Å². The molecule has 0 heterocycles. The highest BCUT2D eigenvalue weighted by Gasteiger charge is 2.63. The van der Waals surface area contributed by atoms with Crippen LogP contribution in [0.3, 0.4) is 0 Å². The van der Waals surface area contributed by atoms with Gasteiger partial charge in [-0.05, 0) is 43.2 Å². The third kappa shape index (κ3) is 4.24. The lowest BCUT2D eigenvalue weighted by atomic mass is 10.1. The van der Waals surface area contributed by atoms with Gasteiger partial charge in [-0.25, -0.2) is 19.4 Å². The second-order valence-electron chi connectivity index (χ2n) is 6.81. The molecule has 3 rings (SSSR count). The molecule has 6 N–H and O–H groups in total. The molecule has 2 unspecified atom stereocenters. The van der Waals surface area contributed by atoms with Crippen LogP contribution in [0.25, 0.3) is 0 Å². The van der Waals surface area contributed by atoms with Gasteiger partial charge in [0.25, 0.3) is 0 Å². The van der Waals surface area contributed by atoms with E-state index in [1.807, 2.05) is 6.07 Å². The molecular formula is C19H23N5O4S. The topological polar surface area (TPSA) is 151 Å². The molecule has 0 amide bonds. The van der Waals surface area contributed by atoms with E-state index in [1.165, 1.54) is 24.3 Å². The summed E-state index contributed by atoms with van der Waals surface area (Å²) in [5.74, 6) is 4.09. The molecule has 0 bridgehead atoms. The van der Waals surface area contributed by atoms with Gasteiger partial charge in [0.05, 0.1) is 11.4 Å². The van der Waals surface area contributed by atoms with Crippen molar-refractivity contribution in [3.05, 3.63) is 65.7 Å². The summed E-state index contributed by atoms with van der Waals surface area (Å²) in [5, 5.41) is 14.8. The van der Waals surface area contributed by atoms with Crippen LogP contribution in [0.2, 0.25) is 0 Å². The van der Waals surface area contributed by atoms with E-state index in [4.69, 9.17) is 11.6 Å². The van der Waals surface area contributed by atoms with Crippen LogP contribution in [0.5, 0.6) is 0 Å². The van der Waals surface area contributed by atoms with E-state index < -0.39 is 27.4 Å². The molecule has 2 aromatic rings. The predicted octanol–water partition coefficient (Wildman–Crippen LogP) is 0.792. The van der Waals surface area contributed by atoms with Gasteiger partial charge in [0.15, 0.2) is 5.84 Å². The molecular weight excluding hydrogens is 394 g/mol. The van der Waals surface area contributed by atoms with Crippen LogP contribution >= 0.6 is 0 Å². The average molecular weight is 417 g/mol. The first kappa shape index (κ1) is 20.8. The van der Waals surface area contributed by atoms with Gasteiger partial charge in [-0.15, -0.1) is 5.10 Å². The van der Waals surface area contributed by atoms with Gasteiger partial charge >= 0.3 is 5.97 Å². The first-order valence-corrected chi connectivity index (χ1v) is 10.5. The van der Waals surface area contributed by atoms with Gasteiger partial charge < -0.3 is 10.8 Å². The Balaban J connectivity index is 1.82. The molecule has 0 saturated heterocycles. The third-order valence-corrected chi connectivity index (χ3v) is 6.41. The Bertz CT molecular complexity index is 1020. The molecule has 1 fully saturated rings. The van der Waals surface area contributed by atoms with Crippen LogP contribution < -0.4 is 16.3 Å². The van der Waals surface area contributed by atoms with Gasteiger partial charge in [0.2, 0.25) is 10.0 Å². The van der Waals surface area contributed by atoms with Crippen LogP contribution in [-0.2, 0) is 14.8 Å². The van der Waals surface area contributed by atoms with Gasteiger partial charge in [-0.3, -0.25) is 4.79 Å². The first-order chi connectivity index (χ1) is 13.7. The Morgan fingerprint density at radius 1 is 1.24 bits per heavy atom. The van der Waals surface area contributed by atoms with Gasteiger partial charge in [-0.1, -0.05) is 30.3 Å². The molecule has 2 atom stereocenters. The zero-order chi connectivity index (χ0) is 21.2. The van der Waals surface area contributed by atoms with Crippen molar-refractivity contribution in [2.75, 3.05) is 6.54 Å². The number of carbonyl (C=O) groups is 1. The highest BCUT2D eigenvalue weighted by Crippen LogP contribution is 2.52. The minimum atomic E-state index is -4.06. The normalized spacial score (nSPS) is 21.6. The van der Waals surface area contributed by atoms with Crippen LogP contribution in [0.4, 0.5) is 0 Å². The summed E-state index contributed by atoms with van der Waals surface area (Å²) in [6, 6.07) is 14.7. The zero-order valence-electron chi connectivity index (χ0n) is 15.8. The fraction of sp³-hybridized carbons (Fsp3) is 0.263. The number of hydrazine groups is 1. The maximum absolute atomic E-state index is 12.8. The quantitative estimate of drug-likeness (QED) is 0.214. The molecule has 0 aliphatic heterocycles. The fourth-order valence-corrected chi connectivity index (χ4v) is 4.52. The second kappa shape index (κ2) is 7.82. The van der Waals surface area contributed by atoms with Crippen molar-refractivity contribution in [2.24, 2.45) is 16.7 Å². The molecule has 1 aliphatic carbocycles. The molecule has 0 aromatic heterocycles. The molecule has 2 aromatic carbocycles. The molecule has 0 spiro atoms. The largest absolute Gasteiger partial charge is 0.480 e. The van der Waals surface area contributed by atoms with Crippen molar-refractivity contribution in [3.63, 3.8) is 0 Å². The van der Waals surface area contributed by atoms with E-state index >= 15 is 0 Å². The predicted molar refractivity (Wildman–Crippen MR) is 108 cm³/mol. The molecule has 0 radical (unpaired) electrons. The number of rotatable bonds is 8. The highest BCUT2D eigenvalue weighted by molar-refractivity contribution is 7.89. The van der Waals surface area contributed by atoms with Gasteiger partial charge in [-0.2, -0.15) is 4.72 Å². The average Bonchev–Trinajstić information content (AvgIpc) is 3.43. The first-order valence-electron chi connectivity index (χ1n) is 8.98. The number of hydrazone groups is 1. The summed E-state index contributed by atoms with van der Waals surface area (Å²) in [5.41, 5.74) is 5.57. The van der Waals surface area contributed by atoms with Gasteiger partial charge in [0.1, 0.15) is 5.54 Å². The number of carboxylic acids is 1. The number of aliphatic carboxylic acids is 1. The van der Waals surface area contributed by atoms with Crippen molar-refractivity contribution in [1.82, 2.24) is 9.84 Å². The lowest BCUT2D eigenvalue weighted by molar-refractivity contribution is -0.140. The van der Waals surface area contributed by atoms with Crippen molar-refractivity contribution >= 4 is 21.8 Å². The standard InChI is InChI=1S/C19H23N5O4S/c1-2-24(21)22-17(20)14-8-10-15(11-9-14)29(27,28)23-19(18(25)26)12-16(19)13-6-4-3-5-7-13/h3-11,16,23H,2,12,21H2,1H3,(H2,20,22)(H,25,26). The minimum Gasteiger partial charge on any atom is -0.480 e. The van der Waals surface area contributed by atoms with E-state index in [0.29, 0.717) is 12.1 Å². The zero-order valence-corrected chi connectivity index (χ0v) is 16.6. The van der Waals surface area contributed by atoms with Crippen LogP contribution in [0, 0.1) is 0 Å². The van der Waals surface area contributed by atoms with E-state index in [2.05, 4.69) is 9.82 Å². The smallest absolute Gasteiger partial charge is 0.325 e. The monoisotopic (exact) mass is 417 g/mol. The number of amidine groups is 1. The summed E-state index contributed by atoms with van der Waals surface area (Å²) < 4.78 is 28.0. The number of benzene rings is 2. The van der Waals surface area contributed by atoms with Crippen molar-refractivity contribution in [1.29, 1.82) is 0 Å². The summed E-state index contributed by atoms with van der Waals surface area (Å²) in [6.45, 7) is 2.26. The number of nitrogens with one attached hydrogen (secondary N) is 1. The number of hydrogen-bond donors (Lipinski definition) is 4. The van der Waals surface area contributed by atoms with Crippen LogP contribution in [0.15, 0.2) is 64.6 Å². The Morgan fingerprint density at radius 2 is 1.86 bits per heavy atom. The maximum atomic E-state index is 12.8. The van der Waals surface area contributed by atoms with E-state index in [-0.39, 0.29) is 17.2 Å². The third-order valence-electron chi connectivity index (χ3n) is 4.88. The van der Waals surface area contributed by atoms with Crippen molar-refractivity contribution in [2.45, 2.75) is 29.7 Å². The lowest BCUT2D eigenvalue weighted by Gasteiger charge is -2.16. The molecule has 154 valence electrons. The number of nitrogens with two attached hydrogens (primary N) is 2. The Kier molecular flexibility index (Phi) is 5.60. The molecule has 1 aliphatic rings. The second-order valence-corrected chi connectivity index (χ2v) is 8.50. The SMILES string of the molecule is CCN(N)/N=C(\N)c1ccc(S(=O)(=O)NC2(C(=O)O)CC2c2ccccc2)cc1. The summed E-state index contributed by atoms with van der Waals surface area (Å²) in [7, 11) is -4.06. The molecule has 10 heteroatoms. The van der Waals surface area contributed by atoms with Crippen molar-refractivity contribution in [3.8, 4) is 0 Å². The summed E-state index contributed by atoms with van der Waals surface area (Å²) >= 11 is 0. The number of nitrogens with zero attached hydrogens (tertiary/aromatic N) is 2. The Labute approximate surface area is 169 Å². The molecule has 29 heavy (non-hydrogen) atoms. The Morgan fingerprint density at radius 3 is 2.41 bits per heavy atom. The highest BCUT2D eigenvalue weighted by atomic mass is 32.2. The fourth-order valence-electron chi connectivity index (χ4n) is 3.11. The maximum Gasteiger partial charge on any atom is 0.325 e. The number of carboxylic acid groups (broad SMARTS) is 1. The van der Waals surface area contributed by atoms with E-state index in [9.17, 15) is 18.3 Å². The summed E-state index contributed by atoms with van der Waals surface area (Å²) in [6.07, 6.45) is 0.187. The minimum absolute atomic E-state index is 0.0616. The van der Waals surface area contributed by atoms with Crippen molar-refractivity contribution < 1.29 is 18.3 Å².